The maximum absolute atomic E-state index is 14.8. The van der Waals surface area contributed by atoms with E-state index < -0.39 is 23.3 Å². The van der Waals surface area contributed by atoms with Crippen LogP contribution in [0.4, 0.5) is 20.2 Å². The largest absolute Gasteiger partial charge is 0.347 e. The molecular formula is C21H14ClF2N5OS. The number of aromatic nitrogens is 2. The Morgan fingerprint density at radius 3 is 2.48 bits per heavy atom. The average molecular weight is 458 g/mol. The minimum atomic E-state index is -3.38. The number of alkyl halides is 2. The van der Waals surface area contributed by atoms with Crippen molar-refractivity contribution in [2.24, 2.45) is 5.92 Å². The highest BCUT2D eigenvalue weighted by atomic mass is 35.5. The van der Waals surface area contributed by atoms with Gasteiger partial charge in [-0.15, -0.1) is 0 Å². The molecule has 1 aromatic heterocycles. The smallest absolute Gasteiger partial charge is 0.301 e. The molecule has 1 atom stereocenters. The number of carbonyl (C=O) groups is 1. The highest BCUT2D eigenvalue weighted by Gasteiger charge is 2.35. The lowest BCUT2D eigenvalue weighted by atomic mass is 10.0. The van der Waals surface area contributed by atoms with Crippen molar-refractivity contribution in [3.63, 3.8) is 0 Å². The molecule has 1 heterocycles. The molecule has 0 aliphatic heterocycles. The van der Waals surface area contributed by atoms with E-state index in [0.29, 0.717) is 10.7 Å². The Bertz CT molecular complexity index is 1150. The third-order valence-electron chi connectivity index (χ3n) is 4.20. The summed E-state index contributed by atoms with van der Waals surface area (Å²) in [5.74, 6) is -5.51. The molecule has 0 radical (unpaired) electrons. The number of hydrogen-bond acceptors (Lipinski definition) is 5. The van der Waals surface area contributed by atoms with Gasteiger partial charge in [0.1, 0.15) is 11.3 Å². The number of nitriles is 1. The van der Waals surface area contributed by atoms with E-state index in [-0.39, 0.29) is 16.2 Å². The topological polar surface area (TPSA) is 90.7 Å². The SMILES string of the molecule is N#CC(C(=O)Nc1cccc(C(F)(F)c2cncnc2)c1)C(=S)Nc1ccccc1Cl. The Hall–Kier alpha value is -3.48. The first kappa shape index (κ1) is 22.2. The van der Waals surface area contributed by atoms with E-state index in [2.05, 4.69) is 20.6 Å². The summed E-state index contributed by atoms with van der Waals surface area (Å²) in [4.78, 5) is 19.7. The Kier molecular flexibility index (Phi) is 6.84. The lowest BCUT2D eigenvalue weighted by Crippen LogP contribution is -2.31. The van der Waals surface area contributed by atoms with Gasteiger partial charge >= 0.3 is 5.92 Å². The van der Waals surface area contributed by atoms with E-state index in [1.54, 1.807) is 24.3 Å². The molecule has 1 amide bonds. The second-order valence-corrected chi connectivity index (χ2v) is 7.15. The van der Waals surface area contributed by atoms with Gasteiger partial charge in [0.2, 0.25) is 5.91 Å². The van der Waals surface area contributed by atoms with E-state index in [1.165, 1.54) is 18.2 Å². The van der Waals surface area contributed by atoms with Gasteiger partial charge in [0, 0.05) is 23.6 Å². The molecule has 31 heavy (non-hydrogen) atoms. The lowest BCUT2D eigenvalue weighted by molar-refractivity contribution is -0.116. The molecule has 2 aromatic carbocycles. The quantitative estimate of drug-likeness (QED) is 0.517. The van der Waals surface area contributed by atoms with Gasteiger partial charge in [-0.2, -0.15) is 14.0 Å². The summed E-state index contributed by atoms with van der Waals surface area (Å²) in [5, 5.41) is 15.0. The van der Waals surface area contributed by atoms with E-state index in [9.17, 15) is 18.8 Å². The zero-order valence-electron chi connectivity index (χ0n) is 15.7. The first-order valence-corrected chi connectivity index (χ1v) is 9.61. The first-order chi connectivity index (χ1) is 14.8. The van der Waals surface area contributed by atoms with Crippen molar-refractivity contribution in [2.75, 3.05) is 10.6 Å². The standard InChI is InChI=1S/C21H14ClF2N5OS/c22-17-6-1-2-7-18(17)29-20(31)16(9-25)19(30)28-15-5-3-4-13(8-15)21(23,24)14-10-26-12-27-11-14/h1-8,10-12,16H,(H,28,30)(H,29,31). The summed E-state index contributed by atoms with van der Waals surface area (Å²) in [5.41, 5.74) is -0.238. The second kappa shape index (κ2) is 9.55. The van der Waals surface area contributed by atoms with E-state index in [1.807, 2.05) is 6.07 Å². The van der Waals surface area contributed by atoms with Crippen molar-refractivity contribution >= 4 is 46.1 Å². The Labute approximate surface area is 186 Å². The Morgan fingerprint density at radius 2 is 1.81 bits per heavy atom. The van der Waals surface area contributed by atoms with Gasteiger partial charge in [-0.3, -0.25) is 4.79 Å². The van der Waals surface area contributed by atoms with Crippen LogP contribution in [0.15, 0.2) is 67.3 Å². The highest BCUT2D eigenvalue weighted by molar-refractivity contribution is 7.80. The van der Waals surface area contributed by atoms with Gasteiger partial charge < -0.3 is 10.6 Å². The fraction of sp³-hybridized carbons (Fsp3) is 0.0952. The third-order valence-corrected chi connectivity index (χ3v) is 4.87. The van der Waals surface area contributed by atoms with Crippen LogP contribution in [0.5, 0.6) is 0 Å². The van der Waals surface area contributed by atoms with E-state index in [4.69, 9.17) is 23.8 Å². The maximum atomic E-state index is 14.8. The highest BCUT2D eigenvalue weighted by Crippen LogP contribution is 2.35. The zero-order valence-corrected chi connectivity index (χ0v) is 17.3. The summed E-state index contributed by atoms with van der Waals surface area (Å²) in [7, 11) is 0. The van der Waals surface area contributed by atoms with Crippen LogP contribution in [0.3, 0.4) is 0 Å². The molecule has 156 valence electrons. The number of benzene rings is 2. The summed E-state index contributed by atoms with van der Waals surface area (Å²) >= 11 is 11.2. The molecule has 3 rings (SSSR count). The van der Waals surface area contributed by atoms with E-state index >= 15 is 0 Å². The molecule has 0 aliphatic carbocycles. The molecule has 0 fully saturated rings. The first-order valence-electron chi connectivity index (χ1n) is 8.82. The molecule has 0 spiro atoms. The van der Waals surface area contributed by atoms with Crippen molar-refractivity contribution in [1.82, 2.24) is 9.97 Å². The molecule has 0 aliphatic rings. The lowest BCUT2D eigenvalue weighted by Gasteiger charge is -2.18. The van der Waals surface area contributed by atoms with Crippen LogP contribution in [-0.4, -0.2) is 20.9 Å². The molecule has 1 unspecified atom stereocenters. The molecule has 2 N–H and O–H groups in total. The molecule has 6 nitrogen and oxygen atoms in total. The van der Waals surface area contributed by atoms with Gasteiger partial charge in [0.25, 0.3) is 0 Å². The summed E-state index contributed by atoms with van der Waals surface area (Å²) in [6, 6.07) is 13.6. The number of rotatable bonds is 6. The summed E-state index contributed by atoms with van der Waals surface area (Å²) in [6.07, 6.45) is 3.18. The third kappa shape index (κ3) is 5.17. The predicted octanol–water partition coefficient (Wildman–Crippen LogP) is 4.79. The number of amides is 1. The number of thiocarbonyl (C=S) groups is 1. The molecule has 0 saturated carbocycles. The number of anilines is 2. The zero-order chi connectivity index (χ0) is 22.4. The Morgan fingerprint density at radius 1 is 1.10 bits per heavy atom. The van der Waals surface area contributed by atoms with Crippen molar-refractivity contribution in [3.05, 3.63) is 83.4 Å². The number of nitrogens with one attached hydrogen (secondary N) is 2. The average Bonchev–Trinajstić information content (AvgIpc) is 2.76. The van der Waals surface area contributed by atoms with E-state index in [0.717, 1.165) is 24.8 Å². The number of nitrogens with zero attached hydrogens (tertiary/aromatic N) is 3. The minimum absolute atomic E-state index is 0.0731. The fourth-order valence-corrected chi connectivity index (χ4v) is 3.09. The van der Waals surface area contributed by atoms with Gasteiger partial charge in [-0.25, -0.2) is 9.97 Å². The monoisotopic (exact) mass is 457 g/mol. The van der Waals surface area contributed by atoms with Crippen LogP contribution in [0.1, 0.15) is 11.1 Å². The van der Waals surface area contributed by atoms with Crippen LogP contribution in [0.2, 0.25) is 5.02 Å². The summed E-state index contributed by atoms with van der Waals surface area (Å²) < 4.78 is 29.5. The van der Waals surface area contributed by atoms with Crippen molar-refractivity contribution in [2.45, 2.75) is 5.92 Å². The normalized spacial score (nSPS) is 11.8. The van der Waals surface area contributed by atoms with Gasteiger partial charge in [0.05, 0.1) is 22.3 Å². The molecule has 10 heteroatoms. The number of halogens is 3. The number of hydrogen-bond donors (Lipinski definition) is 2. The number of carbonyl (C=O) groups excluding carboxylic acids is 1. The molecule has 3 aromatic rings. The van der Waals surface area contributed by atoms with Gasteiger partial charge in [0.15, 0.2) is 5.92 Å². The van der Waals surface area contributed by atoms with Crippen LogP contribution in [0.25, 0.3) is 0 Å². The van der Waals surface area contributed by atoms with Crippen LogP contribution >= 0.6 is 23.8 Å². The van der Waals surface area contributed by atoms with Crippen LogP contribution in [-0.2, 0) is 10.7 Å². The van der Waals surface area contributed by atoms with Gasteiger partial charge in [-0.1, -0.05) is 48.1 Å². The summed E-state index contributed by atoms with van der Waals surface area (Å²) in [6.45, 7) is 0. The molecule has 0 saturated heterocycles. The second-order valence-electron chi connectivity index (χ2n) is 6.30. The minimum Gasteiger partial charge on any atom is -0.347 e. The maximum Gasteiger partial charge on any atom is 0.301 e. The molecular weight excluding hydrogens is 444 g/mol. The van der Waals surface area contributed by atoms with Gasteiger partial charge in [-0.05, 0) is 24.3 Å². The number of para-hydroxylation sites is 1. The molecule has 0 bridgehead atoms. The predicted molar refractivity (Wildman–Crippen MR) is 117 cm³/mol. The van der Waals surface area contributed by atoms with Crippen LogP contribution in [0, 0.1) is 17.2 Å². The van der Waals surface area contributed by atoms with Crippen LogP contribution < -0.4 is 10.6 Å². The van der Waals surface area contributed by atoms with Crippen molar-refractivity contribution in [1.29, 1.82) is 5.26 Å². The van der Waals surface area contributed by atoms with Crippen molar-refractivity contribution < 1.29 is 13.6 Å². The fourth-order valence-electron chi connectivity index (χ4n) is 2.64. The Balaban J connectivity index is 1.76. The van der Waals surface area contributed by atoms with Crippen molar-refractivity contribution in [3.8, 4) is 6.07 Å².